The van der Waals surface area contributed by atoms with E-state index in [2.05, 4.69) is 16.0 Å². The van der Waals surface area contributed by atoms with Gasteiger partial charge in [-0.2, -0.15) is 5.26 Å². The molecule has 1 heterocycles. The molecule has 0 saturated heterocycles. The number of carbonyl (C=O) groups is 1. The van der Waals surface area contributed by atoms with Crippen LogP contribution in [0.2, 0.25) is 0 Å². The quantitative estimate of drug-likeness (QED) is 0.552. The zero-order chi connectivity index (χ0) is 21.6. The fourth-order valence-electron chi connectivity index (χ4n) is 2.76. The molecule has 2 aromatic rings. The Hall–Kier alpha value is -3.53. The molecule has 0 aliphatic carbocycles. The van der Waals surface area contributed by atoms with Gasteiger partial charge >= 0.3 is 5.97 Å². The predicted octanol–water partition coefficient (Wildman–Crippen LogP) is 4.39. The second-order valence-corrected chi connectivity index (χ2v) is 6.77. The monoisotopic (exact) mass is 395 g/mol. The lowest BCUT2D eigenvalue weighted by Gasteiger charge is -2.16. The fourth-order valence-corrected chi connectivity index (χ4v) is 2.76. The Bertz CT molecular complexity index is 969. The molecule has 1 N–H and O–H groups in total. The average molecular weight is 395 g/mol. The summed E-state index contributed by atoms with van der Waals surface area (Å²) in [6, 6.07) is 5.72. The van der Waals surface area contributed by atoms with Crippen molar-refractivity contribution in [3.63, 3.8) is 0 Å². The van der Waals surface area contributed by atoms with Crippen LogP contribution in [0.25, 0.3) is 17.3 Å². The van der Waals surface area contributed by atoms with Crippen molar-refractivity contribution in [1.82, 2.24) is 9.97 Å². The molecule has 0 aliphatic rings. The third-order valence-electron chi connectivity index (χ3n) is 4.44. The summed E-state index contributed by atoms with van der Waals surface area (Å²) < 4.78 is 15.5. The Labute approximate surface area is 170 Å². The van der Waals surface area contributed by atoms with Gasteiger partial charge in [-0.15, -0.1) is 0 Å². The maximum atomic E-state index is 12.1. The van der Waals surface area contributed by atoms with E-state index in [1.54, 1.807) is 18.3 Å². The van der Waals surface area contributed by atoms with Crippen molar-refractivity contribution in [2.24, 2.45) is 5.41 Å². The number of allylic oxidation sites excluding steroid dienone is 3. The molecule has 0 atom stereocenters. The van der Waals surface area contributed by atoms with Crippen molar-refractivity contribution in [3.05, 3.63) is 47.4 Å². The Balaban J connectivity index is 2.53. The highest BCUT2D eigenvalue weighted by Crippen LogP contribution is 2.35. The van der Waals surface area contributed by atoms with Crippen LogP contribution >= 0.6 is 0 Å². The van der Waals surface area contributed by atoms with Crippen molar-refractivity contribution in [1.29, 1.82) is 5.26 Å². The Morgan fingerprint density at radius 3 is 2.31 bits per heavy atom. The van der Waals surface area contributed by atoms with Crippen LogP contribution in [-0.4, -0.2) is 37.3 Å². The number of methoxy groups -OCH3 is 3. The normalized spacial score (nSPS) is 12.0. The van der Waals surface area contributed by atoms with Crippen LogP contribution in [0.3, 0.4) is 0 Å². The third-order valence-corrected chi connectivity index (χ3v) is 4.44. The van der Waals surface area contributed by atoms with E-state index >= 15 is 0 Å². The molecule has 29 heavy (non-hydrogen) atoms. The molecule has 2 rings (SSSR count). The zero-order valence-electron chi connectivity index (χ0n) is 17.5. The number of aromatic amines is 1. The van der Waals surface area contributed by atoms with E-state index in [-0.39, 0.29) is 5.56 Å². The van der Waals surface area contributed by atoms with Crippen molar-refractivity contribution in [3.8, 4) is 28.8 Å². The molecule has 1 aromatic carbocycles. The SMILES string of the molecule is C/C=C\C(=C/c1ncc(-c2cc(OC)c(C(=O)OC)c(OC)c2)[nH]1)C(C)(C)C#N. The molecule has 0 unspecified atom stereocenters. The molecule has 0 radical (unpaired) electrons. The first-order valence-corrected chi connectivity index (χ1v) is 8.97. The van der Waals surface area contributed by atoms with Crippen LogP contribution in [0.4, 0.5) is 0 Å². The van der Waals surface area contributed by atoms with Gasteiger partial charge in [0.2, 0.25) is 0 Å². The molecule has 0 fully saturated rings. The number of esters is 1. The number of ether oxygens (including phenoxy) is 3. The third kappa shape index (κ3) is 4.66. The number of carbonyl (C=O) groups excluding carboxylic acids is 1. The minimum Gasteiger partial charge on any atom is -0.496 e. The van der Waals surface area contributed by atoms with E-state index in [4.69, 9.17) is 14.2 Å². The second-order valence-electron chi connectivity index (χ2n) is 6.77. The van der Waals surface area contributed by atoms with Crippen LogP contribution in [-0.2, 0) is 4.74 Å². The van der Waals surface area contributed by atoms with Gasteiger partial charge in [0.15, 0.2) is 0 Å². The summed E-state index contributed by atoms with van der Waals surface area (Å²) in [6.07, 6.45) is 7.28. The van der Waals surface area contributed by atoms with Gasteiger partial charge in [0.1, 0.15) is 22.9 Å². The molecular formula is C22H25N3O4. The van der Waals surface area contributed by atoms with Crippen LogP contribution in [0.1, 0.15) is 37.0 Å². The van der Waals surface area contributed by atoms with E-state index in [9.17, 15) is 10.1 Å². The smallest absolute Gasteiger partial charge is 0.345 e. The molecule has 1 aromatic heterocycles. The Morgan fingerprint density at radius 1 is 1.21 bits per heavy atom. The van der Waals surface area contributed by atoms with Gasteiger partial charge in [0.05, 0.1) is 44.7 Å². The van der Waals surface area contributed by atoms with Gasteiger partial charge in [-0.3, -0.25) is 0 Å². The summed E-state index contributed by atoms with van der Waals surface area (Å²) >= 11 is 0. The minimum atomic E-state index is -0.659. The van der Waals surface area contributed by atoms with Crippen molar-refractivity contribution < 1.29 is 19.0 Å². The maximum absolute atomic E-state index is 12.1. The number of nitrogens with zero attached hydrogens (tertiary/aromatic N) is 2. The number of H-pyrrole nitrogens is 1. The van der Waals surface area contributed by atoms with Gasteiger partial charge in [-0.25, -0.2) is 9.78 Å². The van der Waals surface area contributed by atoms with Crippen LogP contribution < -0.4 is 9.47 Å². The summed E-state index contributed by atoms with van der Waals surface area (Å²) in [7, 11) is 4.24. The zero-order valence-corrected chi connectivity index (χ0v) is 17.5. The number of nitriles is 1. The van der Waals surface area contributed by atoms with E-state index in [0.29, 0.717) is 23.0 Å². The summed E-state index contributed by atoms with van der Waals surface area (Å²) in [4.78, 5) is 19.7. The van der Waals surface area contributed by atoms with Gasteiger partial charge in [0, 0.05) is 5.56 Å². The molecule has 0 spiro atoms. The molecule has 7 heteroatoms. The van der Waals surface area contributed by atoms with Crippen LogP contribution in [0.15, 0.2) is 36.1 Å². The number of nitrogens with one attached hydrogen (secondary N) is 1. The number of aromatic nitrogens is 2. The first-order valence-electron chi connectivity index (χ1n) is 8.97. The van der Waals surface area contributed by atoms with Gasteiger partial charge in [-0.1, -0.05) is 12.2 Å². The fraction of sp³-hybridized carbons (Fsp3) is 0.318. The number of benzene rings is 1. The Morgan fingerprint density at radius 2 is 1.83 bits per heavy atom. The molecule has 0 bridgehead atoms. The van der Waals surface area contributed by atoms with Gasteiger partial charge in [-0.05, 0) is 44.6 Å². The highest BCUT2D eigenvalue weighted by atomic mass is 16.5. The lowest BCUT2D eigenvalue weighted by Crippen LogP contribution is -2.10. The lowest BCUT2D eigenvalue weighted by molar-refractivity contribution is 0.0593. The van der Waals surface area contributed by atoms with E-state index < -0.39 is 11.4 Å². The largest absolute Gasteiger partial charge is 0.496 e. The molecule has 0 aliphatic heterocycles. The number of hydrogen-bond acceptors (Lipinski definition) is 6. The van der Waals surface area contributed by atoms with E-state index in [1.165, 1.54) is 21.3 Å². The highest BCUT2D eigenvalue weighted by molar-refractivity contribution is 5.96. The molecular weight excluding hydrogens is 370 g/mol. The second kappa shape index (κ2) is 9.11. The predicted molar refractivity (Wildman–Crippen MR) is 111 cm³/mol. The average Bonchev–Trinajstić information content (AvgIpc) is 3.20. The molecule has 152 valence electrons. The molecule has 0 amide bonds. The Kier molecular flexibility index (Phi) is 6.84. The lowest BCUT2D eigenvalue weighted by atomic mass is 9.85. The van der Waals surface area contributed by atoms with Crippen molar-refractivity contribution in [2.75, 3.05) is 21.3 Å². The molecule has 7 nitrogen and oxygen atoms in total. The summed E-state index contributed by atoms with van der Waals surface area (Å²) in [6.45, 7) is 5.60. The standard InChI is InChI=1S/C22H25N3O4/c1-7-8-15(22(2,3)13-23)11-19-24-12-16(25-19)14-9-17(27-4)20(21(26)29-6)18(10-14)28-5/h7-12H,1-6H3,(H,24,25)/b8-7-,15-11+. The summed E-state index contributed by atoms with van der Waals surface area (Å²) in [5.74, 6) is 0.718. The topological polar surface area (TPSA) is 97.2 Å². The first kappa shape index (κ1) is 21.8. The van der Waals surface area contributed by atoms with Crippen LogP contribution in [0, 0.1) is 16.7 Å². The number of hydrogen-bond donors (Lipinski definition) is 1. The van der Waals surface area contributed by atoms with E-state index in [0.717, 1.165) is 11.1 Å². The van der Waals surface area contributed by atoms with Crippen molar-refractivity contribution >= 4 is 12.0 Å². The maximum Gasteiger partial charge on any atom is 0.345 e. The summed E-state index contributed by atoms with van der Waals surface area (Å²) in [5, 5.41) is 9.44. The van der Waals surface area contributed by atoms with E-state index in [1.807, 2.05) is 39.0 Å². The number of rotatable bonds is 7. The van der Waals surface area contributed by atoms with Crippen LogP contribution in [0.5, 0.6) is 11.5 Å². The molecule has 0 saturated carbocycles. The van der Waals surface area contributed by atoms with Gasteiger partial charge < -0.3 is 19.2 Å². The van der Waals surface area contributed by atoms with Gasteiger partial charge in [0.25, 0.3) is 0 Å². The first-order chi connectivity index (χ1) is 13.8. The highest BCUT2D eigenvalue weighted by Gasteiger charge is 2.23. The summed E-state index contributed by atoms with van der Waals surface area (Å²) in [5.41, 5.74) is 1.82. The minimum absolute atomic E-state index is 0.215. The number of imidazole rings is 1. The van der Waals surface area contributed by atoms with Crippen molar-refractivity contribution in [2.45, 2.75) is 20.8 Å².